The van der Waals surface area contributed by atoms with Gasteiger partial charge in [0.05, 0.1) is 6.54 Å². The molecule has 2 nitrogen and oxygen atoms in total. The largest absolute Gasteiger partial charge is 0.460 e. The normalized spacial score (nSPS) is 15.9. The van der Waals surface area contributed by atoms with Crippen molar-refractivity contribution in [2.45, 2.75) is 58.0 Å². The summed E-state index contributed by atoms with van der Waals surface area (Å²) < 4.78 is 7.14. The highest BCUT2D eigenvalue weighted by atomic mass is 79.9. The minimum atomic E-state index is 0. The maximum Gasteiger partial charge on any atom is 0.134 e. The highest BCUT2D eigenvalue weighted by Crippen LogP contribution is 2.28. The minimum Gasteiger partial charge on any atom is -0.460 e. The zero-order chi connectivity index (χ0) is 15.4. The fraction of sp³-hybridized carbons (Fsp3) is 0.474. The van der Waals surface area contributed by atoms with E-state index in [1.54, 1.807) is 0 Å². The second-order valence-electron chi connectivity index (χ2n) is 6.29. The third-order valence-corrected chi connectivity index (χ3v) is 5.03. The van der Waals surface area contributed by atoms with Gasteiger partial charge in [0, 0.05) is 16.1 Å². The molecule has 1 fully saturated rings. The Bertz CT molecular complexity index is 618. The number of nitrogens with one attached hydrogen (secondary N) is 1. The highest BCUT2D eigenvalue weighted by molar-refractivity contribution is 9.10. The van der Waals surface area contributed by atoms with Gasteiger partial charge in [-0.05, 0) is 55.7 Å². The summed E-state index contributed by atoms with van der Waals surface area (Å²) in [4.78, 5) is 0. The van der Waals surface area contributed by atoms with Crippen molar-refractivity contribution in [1.82, 2.24) is 5.32 Å². The van der Waals surface area contributed by atoms with Crippen LogP contribution in [0.15, 0.2) is 39.2 Å². The summed E-state index contributed by atoms with van der Waals surface area (Å²) in [6.07, 6.45) is 8.12. The molecule has 1 saturated carbocycles. The van der Waals surface area contributed by atoms with Crippen molar-refractivity contribution in [1.29, 1.82) is 0 Å². The first-order valence-electron chi connectivity index (χ1n) is 8.31. The quantitative estimate of drug-likeness (QED) is 0.616. The molecule has 1 aliphatic rings. The van der Waals surface area contributed by atoms with Crippen molar-refractivity contribution >= 4 is 28.3 Å². The van der Waals surface area contributed by atoms with Gasteiger partial charge in [-0.2, -0.15) is 0 Å². The monoisotopic (exact) mass is 397 g/mol. The van der Waals surface area contributed by atoms with Crippen LogP contribution < -0.4 is 5.32 Å². The van der Waals surface area contributed by atoms with E-state index < -0.39 is 0 Å². The summed E-state index contributed by atoms with van der Waals surface area (Å²) >= 11 is 3.51. The molecule has 0 unspecified atom stereocenters. The van der Waals surface area contributed by atoms with Crippen molar-refractivity contribution in [2.75, 3.05) is 0 Å². The van der Waals surface area contributed by atoms with E-state index in [9.17, 15) is 0 Å². The van der Waals surface area contributed by atoms with Gasteiger partial charge in [0.25, 0.3) is 0 Å². The van der Waals surface area contributed by atoms with E-state index in [1.807, 2.05) is 0 Å². The van der Waals surface area contributed by atoms with Crippen LogP contribution in [0.25, 0.3) is 11.3 Å². The first-order valence-corrected chi connectivity index (χ1v) is 9.10. The molecule has 0 bridgehead atoms. The lowest BCUT2D eigenvalue weighted by Gasteiger charge is -2.14. The van der Waals surface area contributed by atoms with Crippen LogP contribution in [0.2, 0.25) is 0 Å². The Kier molecular flexibility index (Phi) is 7.19. The summed E-state index contributed by atoms with van der Waals surface area (Å²) in [6.45, 7) is 2.95. The molecule has 2 aromatic rings. The number of furan rings is 1. The van der Waals surface area contributed by atoms with Crippen LogP contribution >= 0.6 is 28.3 Å². The highest BCUT2D eigenvalue weighted by Gasteiger charge is 2.13. The number of rotatable bonds is 4. The molecule has 0 saturated heterocycles. The molecular formula is C19H25BrClNO. The Labute approximate surface area is 153 Å². The van der Waals surface area contributed by atoms with E-state index in [2.05, 4.69) is 58.5 Å². The van der Waals surface area contributed by atoms with E-state index in [1.165, 1.54) is 49.7 Å². The molecule has 126 valence electrons. The Morgan fingerprint density at radius 1 is 1.09 bits per heavy atom. The summed E-state index contributed by atoms with van der Waals surface area (Å²) in [7, 11) is 0. The summed E-state index contributed by atoms with van der Waals surface area (Å²) in [5, 5.41) is 3.67. The first kappa shape index (κ1) is 18.6. The van der Waals surface area contributed by atoms with Crippen LogP contribution in [0.1, 0.15) is 49.8 Å². The molecule has 3 rings (SSSR count). The van der Waals surface area contributed by atoms with Crippen molar-refractivity contribution in [3.8, 4) is 11.3 Å². The Morgan fingerprint density at radius 3 is 2.52 bits per heavy atom. The van der Waals surface area contributed by atoms with Gasteiger partial charge in [-0.1, -0.05) is 41.6 Å². The van der Waals surface area contributed by atoms with E-state index in [-0.39, 0.29) is 12.4 Å². The molecule has 0 atom stereocenters. The molecule has 4 heteroatoms. The summed E-state index contributed by atoms with van der Waals surface area (Å²) in [5.74, 6) is 1.99. The molecule has 0 amide bonds. The van der Waals surface area contributed by atoms with Crippen LogP contribution in [0, 0.1) is 6.92 Å². The maximum absolute atomic E-state index is 6.03. The van der Waals surface area contributed by atoms with Gasteiger partial charge in [-0.15, -0.1) is 12.4 Å². The second-order valence-corrected chi connectivity index (χ2v) is 7.21. The lowest BCUT2D eigenvalue weighted by Crippen LogP contribution is -2.27. The van der Waals surface area contributed by atoms with E-state index in [0.717, 1.165) is 22.5 Å². The SMILES string of the molecule is Cc1cc(Br)ccc1-c1ccc(CNC2CCCCCC2)o1.Cl. The van der Waals surface area contributed by atoms with Gasteiger partial charge in [0.15, 0.2) is 0 Å². The smallest absolute Gasteiger partial charge is 0.134 e. The Morgan fingerprint density at radius 2 is 1.83 bits per heavy atom. The molecule has 0 aliphatic heterocycles. The standard InChI is InChI=1S/C19H24BrNO.ClH/c1-14-12-15(20)8-10-18(14)19-11-9-17(22-19)13-21-16-6-4-2-3-5-7-16;/h8-12,16,21H,2-7,13H2,1H3;1H. The van der Waals surface area contributed by atoms with Crippen LogP contribution in [0.3, 0.4) is 0 Å². The van der Waals surface area contributed by atoms with Crippen molar-refractivity contribution in [3.63, 3.8) is 0 Å². The minimum absolute atomic E-state index is 0. The molecular weight excluding hydrogens is 374 g/mol. The average molecular weight is 399 g/mol. The topological polar surface area (TPSA) is 25.2 Å². The Hall–Kier alpha value is -0.770. The van der Waals surface area contributed by atoms with Gasteiger partial charge in [-0.25, -0.2) is 0 Å². The second kappa shape index (κ2) is 8.91. The predicted octanol–water partition coefficient (Wildman–Crippen LogP) is 6.25. The van der Waals surface area contributed by atoms with Crippen molar-refractivity contribution in [2.24, 2.45) is 0 Å². The lowest BCUT2D eigenvalue weighted by molar-refractivity contribution is 0.420. The van der Waals surface area contributed by atoms with E-state index >= 15 is 0 Å². The average Bonchev–Trinajstić information content (AvgIpc) is 2.80. The molecule has 1 aliphatic carbocycles. The van der Waals surface area contributed by atoms with Gasteiger partial charge < -0.3 is 9.73 Å². The molecule has 1 heterocycles. The number of benzene rings is 1. The number of halogens is 2. The van der Waals surface area contributed by atoms with Crippen LogP contribution in [-0.4, -0.2) is 6.04 Å². The Balaban J connectivity index is 0.00000192. The fourth-order valence-electron chi connectivity index (χ4n) is 3.25. The van der Waals surface area contributed by atoms with Crippen LogP contribution in [0.4, 0.5) is 0 Å². The van der Waals surface area contributed by atoms with Crippen molar-refractivity contribution < 1.29 is 4.42 Å². The lowest BCUT2D eigenvalue weighted by atomic mass is 10.1. The number of hydrogen-bond donors (Lipinski definition) is 1. The first-order chi connectivity index (χ1) is 10.7. The third-order valence-electron chi connectivity index (χ3n) is 4.54. The third kappa shape index (κ3) is 5.10. The summed E-state index contributed by atoms with van der Waals surface area (Å²) in [6, 6.07) is 11.1. The fourth-order valence-corrected chi connectivity index (χ4v) is 3.73. The summed E-state index contributed by atoms with van der Waals surface area (Å²) in [5.41, 5.74) is 2.40. The van der Waals surface area contributed by atoms with Gasteiger partial charge in [0.1, 0.15) is 11.5 Å². The van der Waals surface area contributed by atoms with Crippen LogP contribution in [-0.2, 0) is 6.54 Å². The van der Waals surface area contributed by atoms with Crippen LogP contribution in [0.5, 0.6) is 0 Å². The zero-order valence-corrected chi connectivity index (χ0v) is 16.0. The zero-order valence-electron chi connectivity index (χ0n) is 13.6. The number of hydrogen-bond acceptors (Lipinski definition) is 2. The molecule has 0 radical (unpaired) electrons. The van der Waals surface area contributed by atoms with E-state index in [4.69, 9.17) is 4.42 Å². The molecule has 0 spiro atoms. The number of aryl methyl sites for hydroxylation is 1. The van der Waals surface area contributed by atoms with Crippen molar-refractivity contribution in [3.05, 3.63) is 46.1 Å². The molecule has 1 N–H and O–H groups in total. The molecule has 23 heavy (non-hydrogen) atoms. The van der Waals surface area contributed by atoms with Gasteiger partial charge >= 0.3 is 0 Å². The maximum atomic E-state index is 6.03. The van der Waals surface area contributed by atoms with E-state index in [0.29, 0.717) is 6.04 Å². The molecule has 1 aromatic carbocycles. The van der Waals surface area contributed by atoms with Gasteiger partial charge in [0.2, 0.25) is 0 Å². The predicted molar refractivity (Wildman–Crippen MR) is 102 cm³/mol. The molecule has 1 aromatic heterocycles. The van der Waals surface area contributed by atoms with Gasteiger partial charge in [-0.3, -0.25) is 0 Å².